The van der Waals surface area contributed by atoms with Crippen LogP contribution in [0, 0.1) is 20.9 Å². The van der Waals surface area contributed by atoms with Crippen molar-refractivity contribution in [3.63, 3.8) is 0 Å². The van der Waals surface area contributed by atoms with Crippen molar-refractivity contribution in [2.75, 3.05) is 0 Å². The molecule has 4 aromatic carbocycles. The van der Waals surface area contributed by atoms with Gasteiger partial charge in [0.05, 0.1) is 0 Å². The molecule has 0 fully saturated rings. The summed E-state index contributed by atoms with van der Waals surface area (Å²) in [6.07, 6.45) is 0. The zero-order valence-electron chi connectivity index (χ0n) is 20.0. The normalized spacial score (nSPS) is 11.3. The van der Waals surface area contributed by atoms with E-state index in [1.165, 1.54) is 0 Å². The Bertz CT molecular complexity index is 1440. The van der Waals surface area contributed by atoms with Crippen molar-refractivity contribution in [2.45, 2.75) is 5.09 Å². The number of oxazole rings is 1. The number of hydrogen-bond acceptors (Lipinski definition) is 8. The number of thioether (sulfide) groups is 1. The highest BCUT2D eigenvalue weighted by atomic mass is 35.7. The first-order valence-corrected chi connectivity index (χ1v) is 15.5. The van der Waals surface area contributed by atoms with Crippen LogP contribution >= 0.6 is 30.6 Å². The van der Waals surface area contributed by atoms with Crippen LogP contribution in [0.4, 0.5) is 0 Å². The molecule has 5 aromatic rings. The van der Waals surface area contributed by atoms with Crippen LogP contribution in [0.1, 0.15) is 0 Å². The average Bonchev–Trinajstić information content (AvgIpc) is 3.35. The molecule has 0 aliphatic carbocycles. The van der Waals surface area contributed by atoms with Crippen molar-refractivity contribution < 1.29 is 33.3 Å². The van der Waals surface area contributed by atoms with Crippen LogP contribution < -0.4 is 40.0 Å². The van der Waals surface area contributed by atoms with E-state index in [4.69, 9.17) is 39.6 Å². The molecular weight excluding hydrogens is 578 g/mol. The number of aromatic nitrogens is 1. The van der Waals surface area contributed by atoms with Gasteiger partial charge in [-0.3, -0.25) is 0 Å². The molecule has 0 atom stereocenters. The average molecular weight is 597 g/mol. The number of thiocyanates is 1. The Kier molecular flexibility index (Phi) is 9.41. The second-order valence-corrected chi connectivity index (χ2v) is 13.2. The highest BCUT2D eigenvalue weighted by Crippen LogP contribution is 2.56. The number of hydrogen-bond donors (Lipinski definition) is 0. The first kappa shape index (κ1) is 28.8. The van der Waals surface area contributed by atoms with Gasteiger partial charge in [0.15, 0.2) is 7.26 Å². The summed E-state index contributed by atoms with van der Waals surface area (Å²) in [6.45, 7) is 0. The van der Waals surface area contributed by atoms with Gasteiger partial charge < -0.3 is 4.42 Å². The Morgan fingerprint density at radius 1 is 0.718 bits per heavy atom. The SMILES string of the molecule is N#CSc1oc(-c2ccc(Cl)cc2)nc1[P+](c1ccccc1)(c1ccccc1)c1ccccc1.[O-][Cl+3]([O-])([O-])[O-]. The van der Waals surface area contributed by atoms with E-state index in [0.717, 1.165) is 38.7 Å². The summed E-state index contributed by atoms with van der Waals surface area (Å²) >= 11 is 7.11. The lowest BCUT2D eigenvalue weighted by molar-refractivity contribution is -2.00. The first-order valence-electron chi connectivity index (χ1n) is 11.2. The highest BCUT2D eigenvalue weighted by Gasteiger charge is 2.53. The summed E-state index contributed by atoms with van der Waals surface area (Å²) in [6, 6.07) is 38.6. The van der Waals surface area contributed by atoms with Crippen LogP contribution in [-0.4, -0.2) is 4.98 Å². The molecule has 0 amide bonds. The van der Waals surface area contributed by atoms with Crippen LogP contribution in [0.5, 0.6) is 0 Å². The number of nitrogens with zero attached hydrogens (tertiary/aromatic N) is 2. The van der Waals surface area contributed by atoms with Crippen LogP contribution in [0.25, 0.3) is 11.5 Å². The predicted octanol–water partition coefficient (Wildman–Crippen LogP) is 1.43. The third-order valence-electron chi connectivity index (χ3n) is 5.56. The van der Waals surface area contributed by atoms with Crippen molar-refractivity contribution in [1.82, 2.24) is 4.98 Å². The van der Waals surface area contributed by atoms with Gasteiger partial charge in [0.25, 0.3) is 5.44 Å². The standard InChI is InChI=1S/C28H19ClN2OPS.ClHO4/c29-22-18-16-21(17-19-22)26-31-27(28(32-26)34-20-30)33(23-10-4-1-5-11-23,24-12-6-2-7-13-24)25-14-8-3-9-15-25;2-1(3,4)5/h1-19H;(H,2,3,4,5)/q+1;/p-1. The maximum Gasteiger partial charge on any atom is 0.252 e. The van der Waals surface area contributed by atoms with Gasteiger partial charge in [0.2, 0.25) is 11.0 Å². The van der Waals surface area contributed by atoms with Gasteiger partial charge in [-0.15, -0.1) is 10.2 Å². The minimum Gasteiger partial charge on any atom is -0.424 e. The Morgan fingerprint density at radius 3 is 1.51 bits per heavy atom. The second kappa shape index (κ2) is 12.8. The summed E-state index contributed by atoms with van der Waals surface area (Å²) in [5, 5.41) is 16.4. The van der Waals surface area contributed by atoms with Crippen LogP contribution in [0.15, 0.2) is 125 Å². The minimum absolute atomic E-state index is 0.469. The van der Waals surface area contributed by atoms with E-state index in [0.29, 0.717) is 16.0 Å². The molecule has 7 nitrogen and oxygen atoms in total. The smallest absolute Gasteiger partial charge is 0.252 e. The molecule has 0 bridgehead atoms. The lowest BCUT2D eigenvalue weighted by Crippen LogP contribution is -2.68. The number of halogens is 2. The quantitative estimate of drug-likeness (QED) is 0.163. The molecule has 0 radical (unpaired) electrons. The Morgan fingerprint density at radius 2 is 1.13 bits per heavy atom. The molecule has 0 N–H and O–H groups in total. The molecule has 0 aliphatic heterocycles. The van der Waals surface area contributed by atoms with E-state index in [9.17, 15) is 5.26 Å². The lowest BCUT2D eigenvalue weighted by atomic mass is 10.2. The fraction of sp³-hybridized carbons (Fsp3) is 0. The largest absolute Gasteiger partial charge is 0.424 e. The second-order valence-electron chi connectivity index (χ2n) is 7.89. The van der Waals surface area contributed by atoms with Crippen molar-refractivity contribution in [1.29, 1.82) is 5.26 Å². The monoisotopic (exact) mass is 596 g/mol. The summed E-state index contributed by atoms with van der Waals surface area (Å²) in [4.78, 5) is 5.10. The number of nitriles is 1. The van der Waals surface area contributed by atoms with E-state index < -0.39 is 17.5 Å². The van der Waals surface area contributed by atoms with Crippen LogP contribution in [0.2, 0.25) is 5.02 Å². The van der Waals surface area contributed by atoms with Gasteiger partial charge in [-0.1, -0.05) is 66.2 Å². The van der Waals surface area contributed by atoms with Crippen molar-refractivity contribution in [3.05, 3.63) is 120 Å². The highest BCUT2D eigenvalue weighted by molar-refractivity contribution is 8.06. The van der Waals surface area contributed by atoms with E-state index in [2.05, 4.69) is 41.8 Å². The van der Waals surface area contributed by atoms with Gasteiger partial charge >= 0.3 is 0 Å². The molecule has 0 unspecified atom stereocenters. The maximum absolute atomic E-state index is 9.66. The summed E-state index contributed by atoms with van der Waals surface area (Å²) < 4.78 is 40.2. The van der Waals surface area contributed by atoms with E-state index in [1.54, 1.807) is 0 Å². The fourth-order valence-electron chi connectivity index (χ4n) is 4.10. The van der Waals surface area contributed by atoms with Gasteiger partial charge in [0.1, 0.15) is 21.3 Å². The first-order chi connectivity index (χ1) is 18.7. The molecule has 0 saturated heterocycles. The maximum atomic E-state index is 9.66. The molecule has 0 saturated carbocycles. The topological polar surface area (TPSA) is 142 Å². The van der Waals surface area contributed by atoms with Gasteiger partial charge in [-0.25, -0.2) is 18.6 Å². The summed E-state index contributed by atoms with van der Waals surface area (Å²) in [5.41, 5.74) is 1.59. The molecule has 0 aliphatic rings. The third-order valence-corrected chi connectivity index (χ3v) is 10.7. The zero-order chi connectivity index (χ0) is 27.9. The van der Waals surface area contributed by atoms with Gasteiger partial charge in [0, 0.05) is 22.3 Å². The molecule has 0 spiro atoms. The van der Waals surface area contributed by atoms with Crippen LogP contribution in [0.3, 0.4) is 0 Å². The third kappa shape index (κ3) is 6.87. The van der Waals surface area contributed by atoms with Crippen molar-refractivity contribution >= 4 is 52.0 Å². The van der Waals surface area contributed by atoms with E-state index in [1.807, 2.05) is 78.9 Å². The number of benzene rings is 4. The van der Waals surface area contributed by atoms with E-state index >= 15 is 0 Å². The molecule has 39 heavy (non-hydrogen) atoms. The molecule has 1 heterocycles. The van der Waals surface area contributed by atoms with Crippen molar-refractivity contribution in [2.24, 2.45) is 0 Å². The van der Waals surface area contributed by atoms with Gasteiger partial charge in [-0.2, -0.15) is 10.2 Å². The lowest BCUT2D eigenvalue weighted by Gasteiger charge is -2.25. The molecular formula is C28H19Cl2N2O5PS. The summed E-state index contributed by atoms with van der Waals surface area (Å²) in [5.74, 6) is 0.469. The molecule has 1 aromatic heterocycles. The fourth-order valence-corrected chi connectivity index (χ4v) is 9.16. The Hall–Kier alpha value is -3.22. The van der Waals surface area contributed by atoms with Gasteiger partial charge in [-0.05, 0) is 60.7 Å². The van der Waals surface area contributed by atoms with E-state index in [-0.39, 0.29) is 0 Å². The minimum atomic E-state index is -4.94. The molecule has 5 rings (SSSR count). The number of rotatable bonds is 6. The summed E-state index contributed by atoms with van der Waals surface area (Å²) in [7, 11) is -7.43. The molecule has 11 heteroatoms. The predicted molar refractivity (Wildman–Crippen MR) is 143 cm³/mol. The van der Waals surface area contributed by atoms with Crippen molar-refractivity contribution in [3.8, 4) is 16.9 Å². The Labute approximate surface area is 237 Å². The Balaban J connectivity index is 0.000000648. The molecule has 196 valence electrons. The van der Waals surface area contributed by atoms with Crippen LogP contribution in [-0.2, 0) is 0 Å². The zero-order valence-corrected chi connectivity index (χ0v) is 23.2.